The molecule has 1 unspecified atom stereocenters. The Morgan fingerprint density at radius 3 is 2.48 bits per heavy atom. The highest BCUT2D eigenvalue weighted by Gasteiger charge is 2.30. The van der Waals surface area contributed by atoms with Gasteiger partial charge < -0.3 is 4.90 Å². The summed E-state index contributed by atoms with van der Waals surface area (Å²) in [6, 6.07) is 15.3. The molecule has 0 aliphatic carbocycles. The minimum atomic E-state index is -0.413. The van der Waals surface area contributed by atoms with E-state index in [2.05, 4.69) is 16.1 Å². The van der Waals surface area contributed by atoms with Gasteiger partial charge in [0.15, 0.2) is 6.04 Å². The first-order valence-electron chi connectivity index (χ1n) is 9.00. The van der Waals surface area contributed by atoms with Gasteiger partial charge >= 0.3 is 0 Å². The molecule has 1 saturated heterocycles. The molecule has 1 aliphatic rings. The molecule has 0 radical (unpaired) electrons. The first-order chi connectivity index (χ1) is 13.2. The first kappa shape index (κ1) is 18.2. The van der Waals surface area contributed by atoms with Crippen molar-refractivity contribution in [2.45, 2.75) is 12.6 Å². The molecule has 27 heavy (non-hydrogen) atoms. The van der Waals surface area contributed by atoms with Crippen LogP contribution in [-0.2, 0) is 11.3 Å². The van der Waals surface area contributed by atoms with Crippen LogP contribution < -0.4 is 0 Å². The molecule has 1 aliphatic heterocycles. The monoisotopic (exact) mass is 400 g/mol. The predicted octanol–water partition coefficient (Wildman–Crippen LogP) is 3.53. The molecule has 7 heteroatoms. The van der Waals surface area contributed by atoms with Gasteiger partial charge in [-0.1, -0.05) is 41.9 Å². The second-order valence-electron chi connectivity index (χ2n) is 6.61. The minimum Gasteiger partial charge on any atom is -0.338 e. The summed E-state index contributed by atoms with van der Waals surface area (Å²) in [6.45, 7) is 4.07. The Bertz CT molecular complexity index is 873. The summed E-state index contributed by atoms with van der Waals surface area (Å²) < 4.78 is 2.57. The summed E-state index contributed by atoms with van der Waals surface area (Å²) >= 11 is 7.64. The number of aromatic nitrogens is 2. The summed E-state index contributed by atoms with van der Waals surface area (Å²) in [5.74, 6) is 0.101. The van der Waals surface area contributed by atoms with Crippen molar-refractivity contribution in [2.75, 3.05) is 26.2 Å². The van der Waals surface area contributed by atoms with E-state index in [4.69, 9.17) is 11.6 Å². The van der Waals surface area contributed by atoms with Crippen LogP contribution in [-0.4, -0.2) is 51.7 Å². The van der Waals surface area contributed by atoms with Crippen LogP contribution >= 0.6 is 22.9 Å². The molecule has 0 saturated carbocycles. The van der Waals surface area contributed by atoms with E-state index >= 15 is 0 Å². The van der Waals surface area contributed by atoms with Gasteiger partial charge in [0.25, 0.3) is 5.91 Å². The maximum Gasteiger partial charge on any atom is 0.252 e. The van der Waals surface area contributed by atoms with E-state index in [0.717, 1.165) is 42.6 Å². The summed E-state index contributed by atoms with van der Waals surface area (Å²) in [5.41, 5.74) is 0.960. The van der Waals surface area contributed by atoms with Gasteiger partial charge in [-0.15, -0.1) is 11.3 Å². The highest BCUT2D eigenvalue weighted by Crippen LogP contribution is 2.24. The van der Waals surface area contributed by atoms with Crippen LogP contribution in [0.15, 0.2) is 60.9 Å². The summed E-state index contributed by atoms with van der Waals surface area (Å²) in [6.07, 6.45) is 3.57. The molecule has 4 rings (SSSR count). The average Bonchev–Trinajstić information content (AvgIpc) is 3.36. The maximum absolute atomic E-state index is 13.3. The number of halogens is 1. The van der Waals surface area contributed by atoms with Gasteiger partial charge in [-0.25, -0.2) is 0 Å². The largest absolute Gasteiger partial charge is 0.338 e. The van der Waals surface area contributed by atoms with Gasteiger partial charge in [0, 0.05) is 50.0 Å². The molecule has 1 fully saturated rings. The molecule has 0 bridgehead atoms. The van der Waals surface area contributed by atoms with E-state index in [9.17, 15) is 4.79 Å². The van der Waals surface area contributed by atoms with Crippen LogP contribution in [0.4, 0.5) is 0 Å². The van der Waals surface area contributed by atoms with Crippen molar-refractivity contribution < 1.29 is 4.79 Å². The fourth-order valence-corrected chi connectivity index (χ4v) is 4.56. The molecule has 0 N–H and O–H groups in total. The molecule has 1 amide bonds. The van der Waals surface area contributed by atoms with Gasteiger partial charge in [-0.05, 0) is 23.8 Å². The molecule has 5 nitrogen and oxygen atoms in total. The lowest BCUT2D eigenvalue weighted by atomic mass is 10.1. The molecule has 3 heterocycles. The molecule has 1 aromatic carbocycles. The zero-order chi connectivity index (χ0) is 18.6. The Kier molecular flexibility index (Phi) is 5.57. The van der Waals surface area contributed by atoms with E-state index in [1.807, 2.05) is 53.6 Å². The van der Waals surface area contributed by atoms with Crippen LogP contribution in [0.3, 0.4) is 0 Å². The number of amides is 1. The Hall–Kier alpha value is -2.15. The third-order valence-corrected chi connectivity index (χ3v) is 6.05. The minimum absolute atomic E-state index is 0.101. The van der Waals surface area contributed by atoms with Crippen molar-refractivity contribution in [3.8, 4) is 0 Å². The van der Waals surface area contributed by atoms with Gasteiger partial charge in [0.05, 0.1) is 4.34 Å². The van der Waals surface area contributed by atoms with E-state index < -0.39 is 6.04 Å². The third-order valence-electron chi connectivity index (χ3n) is 4.83. The topological polar surface area (TPSA) is 41.4 Å². The molecule has 2 aromatic heterocycles. The van der Waals surface area contributed by atoms with E-state index in [1.54, 1.807) is 22.2 Å². The summed E-state index contributed by atoms with van der Waals surface area (Å²) in [4.78, 5) is 18.9. The van der Waals surface area contributed by atoms with E-state index in [0.29, 0.717) is 0 Å². The number of thiophene rings is 1. The lowest BCUT2D eigenvalue weighted by Crippen LogP contribution is -2.50. The zero-order valence-electron chi connectivity index (χ0n) is 14.9. The average molecular weight is 401 g/mol. The number of carbonyl (C=O) groups excluding carboxylic acids is 1. The lowest BCUT2D eigenvalue weighted by molar-refractivity contribution is -0.135. The number of hydrogen-bond acceptors (Lipinski definition) is 4. The highest BCUT2D eigenvalue weighted by molar-refractivity contribution is 7.16. The van der Waals surface area contributed by atoms with Crippen molar-refractivity contribution in [1.82, 2.24) is 19.6 Å². The maximum atomic E-state index is 13.3. The number of piperazine rings is 1. The van der Waals surface area contributed by atoms with Crippen molar-refractivity contribution in [3.63, 3.8) is 0 Å². The second kappa shape index (κ2) is 8.25. The standard InChI is InChI=1S/C20H21ClN4OS/c21-18-8-7-17(27-18)15-23-11-13-24(14-12-23)20(26)19(25-10-4-9-22-25)16-5-2-1-3-6-16/h1-10,19H,11-15H2. The zero-order valence-corrected chi connectivity index (χ0v) is 16.4. The van der Waals surface area contributed by atoms with E-state index in [-0.39, 0.29) is 5.91 Å². The van der Waals surface area contributed by atoms with Crippen molar-refractivity contribution in [3.05, 3.63) is 75.7 Å². The van der Waals surface area contributed by atoms with Gasteiger partial charge in [-0.2, -0.15) is 5.10 Å². The van der Waals surface area contributed by atoms with Gasteiger partial charge in [-0.3, -0.25) is 14.4 Å². The fourth-order valence-electron chi connectivity index (χ4n) is 3.43. The number of carbonyl (C=O) groups is 1. The predicted molar refractivity (Wildman–Crippen MR) is 108 cm³/mol. The SMILES string of the molecule is O=C(C(c1ccccc1)n1cccn1)N1CCN(Cc2ccc(Cl)s2)CC1. The van der Waals surface area contributed by atoms with Gasteiger partial charge in [0.2, 0.25) is 0 Å². The molecule has 3 aromatic rings. The van der Waals surface area contributed by atoms with Crippen LogP contribution in [0.25, 0.3) is 0 Å². The Labute approximate surface area is 167 Å². The second-order valence-corrected chi connectivity index (χ2v) is 8.41. The normalized spacial score (nSPS) is 16.4. The first-order valence-corrected chi connectivity index (χ1v) is 10.2. The highest BCUT2D eigenvalue weighted by atomic mass is 35.5. The van der Waals surface area contributed by atoms with Crippen LogP contribution in [0.2, 0.25) is 4.34 Å². The van der Waals surface area contributed by atoms with Crippen LogP contribution in [0.1, 0.15) is 16.5 Å². The number of benzene rings is 1. The molecule has 140 valence electrons. The van der Waals surface area contributed by atoms with Crippen molar-refractivity contribution in [1.29, 1.82) is 0 Å². The Balaban J connectivity index is 1.44. The number of rotatable bonds is 5. The number of nitrogens with zero attached hydrogens (tertiary/aromatic N) is 4. The van der Waals surface area contributed by atoms with Gasteiger partial charge in [0.1, 0.15) is 0 Å². The fraction of sp³-hybridized carbons (Fsp3) is 0.300. The lowest BCUT2D eigenvalue weighted by Gasteiger charge is -2.36. The van der Waals surface area contributed by atoms with Crippen LogP contribution in [0, 0.1) is 0 Å². The number of hydrogen-bond donors (Lipinski definition) is 0. The quantitative estimate of drug-likeness (QED) is 0.657. The summed E-state index contributed by atoms with van der Waals surface area (Å²) in [7, 11) is 0. The van der Waals surface area contributed by atoms with Crippen molar-refractivity contribution in [2.24, 2.45) is 0 Å². The van der Waals surface area contributed by atoms with Crippen molar-refractivity contribution >= 4 is 28.8 Å². The molecular weight excluding hydrogens is 380 g/mol. The smallest absolute Gasteiger partial charge is 0.252 e. The van der Waals surface area contributed by atoms with E-state index in [1.165, 1.54) is 4.88 Å². The molecule has 0 spiro atoms. The third kappa shape index (κ3) is 4.24. The summed E-state index contributed by atoms with van der Waals surface area (Å²) in [5, 5.41) is 4.33. The van der Waals surface area contributed by atoms with Crippen LogP contribution in [0.5, 0.6) is 0 Å². The Morgan fingerprint density at radius 1 is 1.07 bits per heavy atom. The molecule has 1 atom stereocenters. The molecular formula is C20H21ClN4OS. The Morgan fingerprint density at radius 2 is 1.85 bits per heavy atom.